The molecule has 6 heteroatoms. The van der Waals surface area contributed by atoms with Crippen molar-refractivity contribution in [3.05, 3.63) is 46.7 Å². The fraction of sp³-hybridized carbons (Fsp3) is 0.231. The first-order chi connectivity index (χ1) is 9.09. The summed E-state index contributed by atoms with van der Waals surface area (Å²) in [5.74, 6) is -0.259. The van der Waals surface area contributed by atoms with Crippen LogP contribution < -0.4 is 11.1 Å². The van der Waals surface area contributed by atoms with Crippen molar-refractivity contribution in [2.75, 3.05) is 12.3 Å². The number of aromatic nitrogens is 2. The monoisotopic (exact) mass is 278 g/mol. The Morgan fingerprint density at radius 2 is 2.26 bits per heavy atom. The lowest BCUT2D eigenvalue weighted by atomic mass is 10.1. The van der Waals surface area contributed by atoms with Gasteiger partial charge in [0.25, 0.3) is 5.91 Å². The molecule has 19 heavy (non-hydrogen) atoms. The van der Waals surface area contributed by atoms with E-state index in [2.05, 4.69) is 10.4 Å². The minimum Gasteiger partial charge on any atom is -0.398 e. The van der Waals surface area contributed by atoms with Crippen LogP contribution in [-0.2, 0) is 13.5 Å². The van der Waals surface area contributed by atoms with Crippen molar-refractivity contribution >= 4 is 23.2 Å². The Morgan fingerprint density at radius 1 is 1.47 bits per heavy atom. The smallest absolute Gasteiger partial charge is 0.254 e. The molecule has 0 saturated carbocycles. The zero-order valence-corrected chi connectivity index (χ0v) is 11.3. The first-order valence-electron chi connectivity index (χ1n) is 5.88. The third kappa shape index (κ3) is 3.06. The topological polar surface area (TPSA) is 72.9 Å². The number of halogens is 1. The summed E-state index contributed by atoms with van der Waals surface area (Å²) < 4.78 is 1.77. The molecule has 0 radical (unpaired) electrons. The number of carbonyl (C=O) groups is 1. The van der Waals surface area contributed by atoms with Gasteiger partial charge >= 0.3 is 0 Å². The summed E-state index contributed by atoms with van der Waals surface area (Å²) in [7, 11) is 1.86. The molecule has 0 bridgehead atoms. The first kappa shape index (κ1) is 13.4. The Morgan fingerprint density at radius 3 is 2.89 bits per heavy atom. The molecular formula is C13H15ClN4O. The second-order valence-corrected chi connectivity index (χ2v) is 4.56. The number of aryl methyl sites for hydroxylation is 1. The lowest BCUT2D eigenvalue weighted by Crippen LogP contribution is -2.27. The van der Waals surface area contributed by atoms with Gasteiger partial charge in [-0.15, -0.1) is 0 Å². The van der Waals surface area contributed by atoms with Crippen LogP contribution in [0.1, 0.15) is 16.1 Å². The SMILES string of the molecule is Cn1nccc1CCNC(=O)c1c(N)cccc1Cl. The van der Waals surface area contributed by atoms with Crippen molar-refractivity contribution in [2.45, 2.75) is 6.42 Å². The molecule has 0 fully saturated rings. The van der Waals surface area contributed by atoms with E-state index in [-0.39, 0.29) is 5.91 Å². The van der Waals surface area contributed by atoms with Gasteiger partial charge in [0.2, 0.25) is 0 Å². The lowest BCUT2D eigenvalue weighted by Gasteiger charge is -2.09. The number of hydrogen-bond donors (Lipinski definition) is 2. The Kier molecular flexibility index (Phi) is 4.06. The van der Waals surface area contributed by atoms with E-state index in [9.17, 15) is 4.79 Å². The van der Waals surface area contributed by atoms with Crippen LogP contribution in [0, 0.1) is 0 Å². The van der Waals surface area contributed by atoms with E-state index in [1.54, 1.807) is 29.1 Å². The van der Waals surface area contributed by atoms with Crippen molar-refractivity contribution < 1.29 is 4.79 Å². The molecule has 0 spiro atoms. The zero-order valence-electron chi connectivity index (χ0n) is 10.6. The summed E-state index contributed by atoms with van der Waals surface area (Å²) >= 11 is 5.97. The Hall–Kier alpha value is -2.01. The summed E-state index contributed by atoms with van der Waals surface area (Å²) in [6.07, 6.45) is 2.43. The number of hydrogen-bond acceptors (Lipinski definition) is 3. The van der Waals surface area contributed by atoms with E-state index in [4.69, 9.17) is 17.3 Å². The maximum absolute atomic E-state index is 12.0. The Labute approximate surface area is 116 Å². The van der Waals surface area contributed by atoms with E-state index < -0.39 is 0 Å². The number of benzene rings is 1. The van der Waals surface area contributed by atoms with Crippen LogP contribution in [-0.4, -0.2) is 22.2 Å². The molecule has 0 aliphatic carbocycles. The van der Waals surface area contributed by atoms with Crippen LogP contribution in [0.4, 0.5) is 5.69 Å². The van der Waals surface area contributed by atoms with Crippen LogP contribution in [0.3, 0.4) is 0 Å². The fourth-order valence-electron chi connectivity index (χ4n) is 1.82. The maximum atomic E-state index is 12.0. The van der Waals surface area contributed by atoms with Crippen molar-refractivity contribution in [1.82, 2.24) is 15.1 Å². The molecule has 5 nitrogen and oxygen atoms in total. The van der Waals surface area contributed by atoms with Crippen LogP contribution in [0.15, 0.2) is 30.5 Å². The Balaban J connectivity index is 1.97. The molecular weight excluding hydrogens is 264 g/mol. The molecule has 2 rings (SSSR count). The average molecular weight is 279 g/mol. The van der Waals surface area contributed by atoms with Crippen molar-refractivity contribution in [2.24, 2.45) is 7.05 Å². The molecule has 0 saturated heterocycles. The van der Waals surface area contributed by atoms with Gasteiger partial charge < -0.3 is 11.1 Å². The molecule has 0 atom stereocenters. The van der Waals surface area contributed by atoms with Gasteiger partial charge in [-0.2, -0.15) is 5.10 Å². The highest BCUT2D eigenvalue weighted by atomic mass is 35.5. The van der Waals surface area contributed by atoms with Crippen molar-refractivity contribution in [1.29, 1.82) is 0 Å². The van der Waals surface area contributed by atoms with Crippen LogP contribution in [0.2, 0.25) is 5.02 Å². The zero-order chi connectivity index (χ0) is 13.8. The van der Waals surface area contributed by atoms with Gasteiger partial charge in [0.1, 0.15) is 0 Å². The predicted molar refractivity (Wildman–Crippen MR) is 75.1 cm³/mol. The summed E-state index contributed by atoms with van der Waals surface area (Å²) in [4.78, 5) is 12.0. The summed E-state index contributed by atoms with van der Waals surface area (Å²) in [6, 6.07) is 6.93. The van der Waals surface area contributed by atoms with Gasteiger partial charge in [-0.3, -0.25) is 9.48 Å². The van der Waals surface area contributed by atoms with Crippen LogP contribution >= 0.6 is 11.6 Å². The van der Waals surface area contributed by atoms with Gasteiger partial charge in [0, 0.05) is 37.6 Å². The molecule has 1 heterocycles. The number of nitrogens with one attached hydrogen (secondary N) is 1. The fourth-order valence-corrected chi connectivity index (χ4v) is 2.09. The van der Waals surface area contributed by atoms with Gasteiger partial charge in [-0.05, 0) is 18.2 Å². The first-order valence-corrected chi connectivity index (χ1v) is 6.26. The van der Waals surface area contributed by atoms with Crippen LogP contribution in [0.5, 0.6) is 0 Å². The molecule has 0 unspecified atom stereocenters. The second-order valence-electron chi connectivity index (χ2n) is 4.16. The molecule has 1 aromatic carbocycles. The molecule has 3 N–H and O–H groups in total. The lowest BCUT2D eigenvalue weighted by molar-refractivity contribution is 0.0955. The summed E-state index contributed by atoms with van der Waals surface area (Å²) in [6.45, 7) is 0.503. The predicted octanol–water partition coefficient (Wildman–Crippen LogP) is 1.63. The number of nitrogens with two attached hydrogens (primary N) is 1. The van der Waals surface area contributed by atoms with Gasteiger partial charge in [-0.1, -0.05) is 17.7 Å². The number of rotatable bonds is 4. The summed E-state index contributed by atoms with van der Waals surface area (Å²) in [5.41, 5.74) is 7.51. The highest BCUT2D eigenvalue weighted by Crippen LogP contribution is 2.21. The van der Waals surface area contributed by atoms with E-state index in [1.807, 2.05) is 13.1 Å². The number of nitrogen functional groups attached to an aromatic ring is 1. The van der Waals surface area contributed by atoms with Crippen LogP contribution in [0.25, 0.3) is 0 Å². The molecule has 100 valence electrons. The van der Waals surface area contributed by atoms with E-state index >= 15 is 0 Å². The minimum absolute atomic E-state index is 0.259. The maximum Gasteiger partial charge on any atom is 0.254 e. The third-order valence-corrected chi connectivity index (χ3v) is 3.18. The second kappa shape index (κ2) is 5.75. The van der Waals surface area contributed by atoms with Gasteiger partial charge in [-0.25, -0.2) is 0 Å². The third-order valence-electron chi connectivity index (χ3n) is 2.86. The number of anilines is 1. The normalized spacial score (nSPS) is 10.4. The number of nitrogens with zero attached hydrogens (tertiary/aromatic N) is 2. The van der Waals surface area contributed by atoms with E-state index in [1.165, 1.54) is 0 Å². The van der Waals surface area contributed by atoms with Crippen molar-refractivity contribution in [3.63, 3.8) is 0 Å². The summed E-state index contributed by atoms with van der Waals surface area (Å²) in [5, 5.41) is 7.22. The number of carbonyl (C=O) groups excluding carboxylic acids is 1. The largest absolute Gasteiger partial charge is 0.398 e. The molecule has 2 aromatic rings. The number of amides is 1. The average Bonchev–Trinajstić information content (AvgIpc) is 2.75. The Bertz CT molecular complexity index is 574. The molecule has 0 aliphatic rings. The van der Waals surface area contributed by atoms with Gasteiger partial charge in [0.15, 0.2) is 0 Å². The van der Waals surface area contributed by atoms with E-state index in [0.29, 0.717) is 29.2 Å². The highest BCUT2D eigenvalue weighted by Gasteiger charge is 2.13. The van der Waals surface area contributed by atoms with E-state index in [0.717, 1.165) is 5.69 Å². The standard InChI is InChI=1S/C13H15ClN4O/c1-18-9(6-8-17-18)5-7-16-13(19)12-10(14)3-2-4-11(12)15/h2-4,6,8H,5,7,15H2,1H3,(H,16,19). The minimum atomic E-state index is -0.259. The molecule has 1 aromatic heterocycles. The van der Waals surface area contributed by atoms with Gasteiger partial charge in [0.05, 0.1) is 10.6 Å². The highest BCUT2D eigenvalue weighted by molar-refractivity contribution is 6.34. The molecule has 1 amide bonds. The quantitative estimate of drug-likeness (QED) is 0.835. The molecule has 0 aliphatic heterocycles. The van der Waals surface area contributed by atoms with Crippen molar-refractivity contribution in [3.8, 4) is 0 Å².